The molecule has 0 bridgehead atoms. The van der Waals surface area contributed by atoms with Gasteiger partial charge in [0.05, 0.1) is 29.5 Å². The van der Waals surface area contributed by atoms with Crippen LogP contribution >= 0.6 is 11.8 Å². The van der Waals surface area contributed by atoms with Crippen LogP contribution < -0.4 is 5.32 Å². The molecule has 0 aromatic carbocycles. The molecule has 0 amide bonds. The van der Waals surface area contributed by atoms with Gasteiger partial charge in [0, 0.05) is 40.2 Å². The highest BCUT2D eigenvalue weighted by atomic mass is 32.2. The van der Waals surface area contributed by atoms with Gasteiger partial charge in [-0.1, -0.05) is 11.8 Å². The number of fused-ring (bicyclic) bond motifs is 1. The number of aromatic nitrogens is 5. The molecule has 2 aliphatic carbocycles. The van der Waals surface area contributed by atoms with E-state index in [-0.39, 0.29) is 5.03 Å². The third-order valence-electron chi connectivity index (χ3n) is 7.43. The number of hydrogen-bond donors (Lipinski definition) is 1. The molecule has 2 saturated carbocycles. The van der Waals surface area contributed by atoms with Crippen LogP contribution in [0.15, 0.2) is 52.9 Å². The Morgan fingerprint density at radius 1 is 1.24 bits per heavy atom. The number of rotatable bonds is 5. The second kappa shape index (κ2) is 7.93. The summed E-state index contributed by atoms with van der Waals surface area (Å²) in [4.78, 5) is 4.91. The molecule has 0 atom stereocenters. The van der Waals surface area contributed by atoms with E-state index in [0.717, 1.165) is 21.7 Å². The minimum Gasteiger partial charge on any atom is -0.317 e. The minimum atomic E-state index is -0.395. The van der Waals surface area contributed by atoms with Crippen molar-refractivity contribution < 1.29 is 4.39 Å². The Labute approximate surface area is 201 Å². The summed E-state index contributed by atoms with van der Waals surface area (Å²) in [6.45, 7) is 2.10. The van der Waals surface area contributed by atoms with Crippen LogP contribution in [0.3, 0.4) is 0 Å². The van der Waals surface area contributed by atoms with E-state index >= 15 is 0 Å². The van der Waals surface area contributed by atoms with Gasteiger partial charge in [-0.3, -0.25) is 4.68 Å². The number of pyridine rings is 2. The molecule has 0 aliphatic heterocycles. The molecule has 0 unspecified atom stereocenters. The van der Waals surface area contributed by atoms with Gasteiger partial charge in [-0.2, -0.15) is 15.5 Å². The van der Waals surface area contributed by atoms with Crippen molar-refractivity contribution in [2.45, 2.75) is 54.6 Å². The van der Waals surface area contributed by atoms with E-state index in [9.17, 15) is 9.65 Å². The highest BCUT2D eigenvalue weighted by Crippen LogP contribution is 2.60. The van der Waals surface area contributed by atoms with E-state index in [4.69, 9.17) is 5.10 Å². The maximum absolute atomic E-state index is 14.4. The van der Waals surface area contributed by atoms with Crippen molar-refractivity contribution in [1.29, 1.82) is 5.26 Å². The predicted molar refractivity (Wildman–Crippen MR) is 127 cm³/mol. The van der Waals surface area contributed by atoms with Crippen LogP contribution in [0.4, 0.5) is 4.39 Å². The fourth-order valence-electron chi connectivity index (χ4n) is 5.65. The summed E-state index contributed by atoms with van der Waals surface area (Å²) in [6.07, 6.45) is 11.8. The lowest BCUT2D eigenvalue weighted by atomic mass is 9.52. The number of halogens is 1. The van der Waals surface area contributed by atoms with Gasteiger partial charge < -0.3 is 5.32 Å². The summed E-state index contributed by atoms with van der Waals surface area (Å²) in [7, 11) is 2.04. The summed E-state index contributed by atoms with van der Waals surface area (Å²) in [5.74, 6) is -0.395. The first-order valence-electron chi connectivity index (χ1n) is 11.4. The third-order valence-corrected chi connectivity index (χ3v) is 8.46. The molecule has 0 radical (unpaired) electrons. The lowest BCUT2D eigenvalue weighted by Gasteiger charge is -2.57. The molecule has 172 valence electrons. The Morgan fingerprint density at radius 2 is 2.06 bits per heavy atom. The van der Waals surface area contributed by atoms with Crippen molar-refractivity contribution in [3.8, 4) is 17.2 Å². The molecule has 2 fully saturated rings. The molecule has 7 nitrogen and oxygen atoms in total. The maximum Gasteiger partial charge on any atom is 0.155 e. The zero-order chi connectivity index (χ0) is 23.4. The second-order valence-electron chi connectivity index (χ2n) is 9.49. The standard InChI is InChI=1S/C25H24FN7S/c1-15-20(13-31-33(15)19-9-25(10-19)7-18(8-25)28-2)16-6-22(34-24-21(26)4-3-5-29-24)23-17(11-27)12-30-32(23)14-16/h3-6,12-14,18-19,28H,7-10H2,1-2H3. The van der Waals surface area contributed by atoms with Crippen molar-refractivity contribution in [3.63, 3.8) is 0 Å². The van der Waals surface area contributed by atoms with Crippen LogP contribution in [0.25, 0.3) is 16.6 Å². The van der Waals surface area contributed by atoms with E-state index in [1.807, 2.05) is 25.5 Å². The van der Waals surface area contributed by atoms with E-state index in [2.05, 4.69) is 33.1 Å². The average Bonchev–Trinajstić information content (AvgIpc) is 3.37. The first kappa shape index (κ1) is 21.3. The summed E-state index contributed by atoms with van der Waals surface area (Å²) < 4.78 is 18.2. The molecule has 34 heavy (non-hydrogen) atoms. The lowest BCUT2D eigenvalue weighted by molar-refractivity contribution is -0.0451. The quantitative estimate of drug-likeness (QED) is 0.450. The predicted octanol–water partition coefficient (Wildman–Crippen LogP) is 4.77. The SMILES string of the molecule is CNC1CC2(C1)CC(n1ncc(-c3cc(Sc4ncccc4F)c4c(C#N)cnn4c3)c1C)C2. The molecule has 6 rings (SSSR count). The summed E-state index contributed by atoms with van der Waals surface area (Å²) >= 11 is 1.20. The van der Waals surface area contributed by atoms with Crippen LogP contribution in [-0.2, 0) is 0 Å². The first-order chi connectivity index (χ1) is 16.5. The minimum absolute atomic E-state index is 0.263. The fraction of sp³-hybridized carbons (Fsp3) is 0.360. The van der Waals surface area contributed by atoms with Crippen molar-refractivity contribution in [3.05, 3.63) is 60.1 Å². The van der Waals surface area contributed by atoms with Crippen LogP contribution in [0.2, 0.25) is 0 Å². The molecule has 4 aromatic heterocycles. The van der Waals surface area contributed by atoms with E-state index in [0.29, 0.717) is 28.6 Å². The fourth-order valence-corrected chi connectivity index (χ4v) is 6.63. The van der Waals surface area contributed by atoms with Gasteiger partial charge >= 0.3 is 0 Å². The lowest BCUT2D eigenvalue weighted by Crippen LogP contribution is -2.54. The second-order valence-corrected chi connectivity index (χ2v) is 10.5. The monoisotopic (exact) mass is 473 g/mol. The van der Waals surface area contributed by atoms with Crippen molar-refractivity contribution >= 4 is 17.3 Å². The topological polar surface area (TPSA) is 83.8 Å². The Bertz CT molecular complexity index is 1440. The molecule has 9 heteroatoms. The van der Waals surface area contributed by atoms with Crippen LogP contribution in [0, 0.1) is 29.5 Å². The van der Waals surface area contributed by atoms with Gasteiger partial charge in [-0.15, -0.1) is 0 Å². The normalized spacial score (nSPS) is 23.6. The maximum atomic E-state index is 14.4. The van der Waals surface area contributed by atoms with E-state index < -0.39 is 5.82 Å². The molecular weight excluding hydrogens is 449 g/mol. The molecule has 4 heterocycles. The molecule has 1 N–H and O–H groups in total. The highest BCUT2D eigenvalue weighted by Gasteiger charge is 2.53. The van der Waals surface area contributed by atoms with Gasteiger partial charge in [0.1, 0.15) is 11.1 Å². The van der Waals surface area contributed by atoms with Gasteiger partial charge in [0.25, 0.3) is 0 Å². The summed E-state index contributed by atoms with van der Waals surface area (Å²) in [5.41, 5.74) is 4.64. The summed E-state index contributed by atoms with van der Waals surface area (Å²) in [5, 5.41) is 22.4. The van der Waals surface area contributed by atoms with Crippen LogP contribution in [0.5, 0.6) is 0 Å². The van der Waals surface area contributed by atoms with Crippen molar-refractivity contribution in [1.82, 2.24) is 29.7 Å². The van der Waals surface area contributed by atoms with Gasteiger partial charge in [-0.25, -0.2) is 13.9 Å². The number of nitrogens with zero attached hydrogens (tertiary/aromatic N) is 6. The molecule has 0 saturated heterocycles. The zero-order valence-corrected chi connectivity index (χ0v) is 19.8. The van der Waals surface area contributed by atoms with Crippen LogP contribution in [-0.4, -0.2) is 37.5 Å². The number of nitriles is 1. The molecule has 1 spiro atoms. The van der Waals surface area contributed by atoms with Gasteiger partial charge in [0.15, 0.2) is 5.82 Å². The van der Waals surface area contributed by atoms with Gasteiger partial charge in [-0.05, 0) is 63.3 Å². The third kappa shape index (κ3) is 3.32. The van der Waals surface area contributed by atoms with Gasteiger partial charge in [0.2, 0.25) is 0 Å². The Balaban J connectivity index is 1.35. The van der Waals surface area contributed by atoms with Crippen molar-refractivity contribution in [2.24, 2.45) is 5.41 Å². The van der Waals surface area contributed by atoms with Crippen LogP contribution in [0.1, 0.15) is 43.0 Å². The Kier molecular flexibility index (Phi) is 4.97. The Hall–Kier alpha value is -3.22. The first-order valence-corrected chi connectivity index (χ1v) is 12.2. The molecular formula is C25H24FN7S. The summed E-state index contributed by atoms with van der Waals surface area (Å²) in [6, 6.07) is 8.22. The number of nitrogens with one attached hydrogen (secondary N) is 1. The largest absolute Gasteiger partial charge is 0.317 e. The molecule has 2 aliphatic rings. The average molecular weight is 474 g/mol. The zero-order valence-electron chi connectivity index (χ0n) is 19.0. The Morgan fingerprint density at radius 3 is 2.79 bits per heavy atom. The van der Waals surface area contributed by atoms with E-state index in [1.165, 1.54) is 43.5 Å². The highest BCUT2D eigenvalue weighted by molar-refractivity contribution is 7.99. The smallest absolute Gasteiger partial charge is 0.155 e. The van der Waals surface area contributed by atoms with Crippen molar-refractivity contribution in [2.75, 3.05) is 7.05 Å². The number of hydrogen-bond acceptors (Lipinski definition) is 6. The van der Waals surface area contributed by atoms with E-state index in [1.54, 1.807) is 23.0 Å². The molecule has 4 aromatic rings.